The second-order valence-electron chi connectivity index (χ2n) is 7.76. The van der Waals surface area contributed by atoms with Crippen LogP contribution < -0.4 is 5.32 Å². The Labute approximate surface area is 174 Å². The van der Waals surface area contributed by atoms with Crippen LogP contribution in [0.1, 0.15) is 52.1 Å². The monoisotopic (exact) mass is 407 g/mol. The summed E-state index contributed by atoms with van der Waals surface area (Å²) in [5.41, 5.74) is 1.05. The molecule has 1 atom stereocenters. The first kappa shape index (κ1) is 22.7. The van der Waals surface area contributed by atoms with Crippen molar-refractivity contribution in [3.63, 3.8) is 0 Å². The molecule has 1 aliphatic heterocycles. The van der Waals surface area contributed by atoms with E-state index in [0.29, 0.717) is 19.6 Å². The van der Waals surface area contributed by atoms with Crippen LogP contribution in [0.3, 0.4) is 0 Å². The van der Waals surface area contributed by atoms with Gasteiger partial charge in [-0.05, 0) is 37.6 Å². The molecule has 0 radical (unpaired) electrons. The number of hydrogen-bond donors (Lipinski definition) is 1. The lowest BCUT2D eigenvalue weighted by molar-refractivity contribution is -0.138. The van der Waals surface area contributed by atoms with Gasteiger partial charge in [0.05, 0.1) is 6.04 Å². The number of amides is 2. The Morgan fingerprint density at radius 1 is 1.18 bits per heavy atom. The molecule has 1 N–H and O–H groups in total. The van der Waals surface area contributed by atoms with Gasteiger partial charge in [0.15, 0.2) is 0 Å². The largest absolute Gasteiger partial charge is 0.354 e. The minimum atomic E-state index is -0.0280. The summed E-state index contributed by atoms with van der Waals surface area (Å²) in [6, 6.07) is 7.90. The summed E-state index contributed by atoms with van der Waals surface area (Å²) >= 11 is 6.44. The molecule has 1 aliphatic rings. The van der Waals surface area contributed by atoms with Crippen molar-refractivity contribution in [2.24, 2.45) is 11.8 Å². The number of piperidine rings is 1. The van der Waals surface area contributed by atoms with Gasteiger partial charge in [-0.1, -0.05) is 57.5 Å². The summed E-state index contributed by atoms with van der Waals surface area (Å²) < 4.78 is 0. The third-order valence-corrected chi connectivity index (χ3v) is 6.00. The maximum atomic E-state index is 12.8. The standard InChI is InChI=1S/C22H34ClN3O2/c1-5-25(6-2)20(18-9-7-8-10-19(18)23)15-24-21(27)17-11-13-26(14-12-17)22(28)16(3)4/h7-10,16-17,20H,5-6,11-15H2,1-4H3,(H,24,27). The molecule has 0 spiro atoms. The SMILES string of the molecule is CCN(CC)C(CNC(=O)C1CCN(C(=O)C(C)C)CC1)c1ccccc1Cl. The highest BCUT2D eigenvalue weighted by atomic mass is 35.5. The number of nitrogens with one attached hydrogen (secondary N) is 1. The number of nitrogens with zero attached hydrogens (tertiary/aromatic N) is 2. The highest BCUT2D eigenvalue weighted by Gasteiger charge is 2.29. The lowest BCUT2D eigenvalue weighted by atomic mass is 9.94. The van der Waals surface area contributed by atoms with Crippen LogP contribution in [0, 0.1) is 11.8 Å². The van der Waals surface area contributed by atoms with Crippen molar-refractivity contribution in [2.45, 2.75) is 46.6 Å². The van der Waals surface area contributed by atoms with E-state index in [2.05, 4.69) is 24.1 Å². The molecule has 1 unspecified atom stereocenters. The topological polar surface area (TPSA) is 52.7 Å². The van der Waals surface area contributed by atoms with E-state index in [1.807, 2.05) is 43.0 Å². The van der Waals surface area contributed by atoms with E-state index < -0.39 is 0 Å². The molecular formula is C22H34ClN3O2. The number of rotatable bonds is 8. The zero-order chi connectivity index (χ0) is 20.7. The molecule has 156 valence electrons. The molecule has 5 nitrogen and oxygen atoms in total. The molecule has 2 rings (SSSR count). The molecule has 0 aromatic heterocycles. The molecule has 1 aromatic rings. The number of hydrogen-bond acceptors (Lipinski definition) is 3. The number of benzene rings is 1. The van der Waals surface area contributed by atoms with Crippen molar-refractivity contribution in [2.75, 3.05) is 32.7 Å². The van der Waals surface area contributed by atoms with Crippen molar-refractivity contribution in [1.82, 2.24) is 15.1 Å². The first-order valence-electron chi connectivity index (χ1n) is 10.4. The molecule has 6 heteroatoms. The maximum absolute atomic E-state index is 12.8. The van der Waals surface area contributed by atoms with E-state index >= 15 is 0 Å². The lowest BCUT2D eigenvalue weighted by Gasteiger charge is -2.34. The Balaban J connectivity index is 1.97. The van der Waals surface area contributed by atoms with E-state index in [1.165, 1.54) is 0 Å². The summed E-state index contributed by atoms with van der Waals surface area (Å²) in [5, 5.41) is 3.88. The van der Waals surface area contributed by atoms with Gasteiger partial charge in [0.1, 0.15) is 0 Å². The summed E-state index contributed by atoms with van der Waals surface area (Å²) in [5.74, 6) is 0.246. The van der Waals surface area contributed by atoms with Gasteiger partial charge in [0.2, 0.25) is 11.8 Å². The number of likely N-dealkylation sites (N-methyl/N-ethyl adjacent to an activating group) is 1. The van der Waals surface area contributed by atoms with Gasteiger partial charge >= 0.3 is 0 Å². The highest BCUT2D eigenvalue weighted by Crippen LogP contribution is 2.27. The zero-order valence-electron chi connectivity index (χ0n) is 17.6. The fraction of sp³-hybridized carbons (Fsp3) is 0.636. The molecule has 1 fully saturated rings. The van der Waals surface area contributed by atoms with E-state index in [9.17, 15) is 9.59 Å². The van der Waals surface area contributed by atoms with Crippen LogP contribution in [0.2, 0.25) is 5.02 Å². The van der Waals surface area contributed by atoms with Crippen LogP contribution in [0.15, 0.2) is 24.3 Å². The van der Waals surface area contributed by atoms with Crippen molar-refractivity contribution < 1.29 is 9.59 Å². The van der Waals surface area contributed by atoms with Gasteiger partial charge in [-0.25, -0.2) is 0 Å². The van der Waals surface area contributed by atoms with E-state index in [4.69, 9.17) is 11.6 Å². The van der Waals surface area contributed by atoms with Crippen molar-refractivity contribution in [1.29, 1.82) is 0 Å². The molecule has 0 bridgehead atoms. The van der Waals surface area contributed by atoms with Gasteiger partial charge in [-0.2, -0.15) is 0 Å². The molecule has 2 amide bonds. The van der Waals surface area contributed by atoms with Crippen LogP contribution in [-0.4, -0.2) is 54.3 Å². The summed E-state index contributed by atoms with van der Waals surface area (Å²) in [4.78, 5) is 29.1. The first-order chi connectivity index (χ1) is 13.4. The van der Waals surface area contributed by atoms with Crippen molar-refractivity contribution in [3.05, 3.63) is 34.9 Å². The van der Waals surface area contributed by atoms with Gasteiger partial charge in [-0.15, -0.1) is 0 Å². The third-order valence-electron chi connectivity index (χ3n) is 5.66. The first-order valence-corrected chi connectivity index (χ1v) is 10.8. The third kappa shape index (κ3) is 5.71. The van der Waals surface area contributed by atoms with Gasteiger partial charge < -0.3 is 10.2 Å². The van der Waals surface area contributed by atoms with Gasteiger partial charge in [-0.3, -0.25) is 14.5 Å². The number of carbonyl (C=O) groups excluding carboxylic acids is 2. The summed E-state index contributed by atoms with van der Waals surface area (Å²) in [6.45, 7) is 11.7. The Kier molecular flexibility index (Phi) is 8.77. The quantitative estimate of drug-likeness (QED) is 0.714. The fourth-order valence-electron chi connectivity index (χ4n) is 3.91. The molecule has 28 heavy (non-hydrogen) atoms. The Morgan fingerprint density at radius 2 is 1.79 bits per heavy atom. The average Bonchev–Trinajstić information content (AvgIpc) is 2.71. The summed E-state index contributed by atoms with van der Waals surface area (Å²) in [7, 11) is 0. The Morgan fingerprint density at radius 3 is 2.32 bits per heavy atom. The minimum Gasteiger partial charge on any atom is -0.354 e. The predicted octanol–water partition coefficient (Wildman–Crippen LogP) is 3.73. The molecule has 1 saturated heterocycles. The normalized spacial score (nSPS) is 16.5. The maximum Gasteiger partial charge on any atom is 0.225 e. The number of halogens is 1. The fourth-order valence-corrected chi connectivity index (χ4v) is 4.18. The van der Waals surface area contributed by atoms with Crippen LogP contribution >= 0.6 is 11.6 Å². The van der Waals surface area contributed by atoms with E-state index in [0.717, 1.165) is 36.5 Å². The highest BCUT2D eigenvalue weighted by molar-refractivity contribution is 6.31. The predicted molar refractivity (Wildman–Crippen MR) is 114 cm³/mol. The average molecular weight is 408 g/mol. The van der Waals surface area contributed by atoms with Crippen molar-refractivity contribution >= 4 is 23.4 Å². The second kappa shape index (κ2) is 10.8. The zero-order valence-corrected chi connectivity index (χ0v) is 18.3. The molecule has 0 aliphatic carbocycles. The van der Waals surface area contributed by atoms with Crippen LogP contribution in [0.25, 0.3) is 0 Å². The number of likely N-dealkylation sites (tertiary alicyclic amines) is 1. The minimum absolute atomic E-state index is 0.0100. The lowest BCUT2D eigenvalue weighted by Crippen LogP contribution is -2.45. The van der Waals surface area contributed by atoms with E-state index in [-0.39, 0.29) is 29.7 Å². The number of carbonyl (C=O) groups is 2. The van der Waals surface area contributed by atoms with Crippen LogP contribution in [0.4, 0.5) is 0 Å². The molecule has 1 aromatic carbocycles. The molecule has 1 heterocycles. The smallest absolute Gasteiger partial charge is 0.225 e. The summed E-state index contributed by atoms with van der Waals surface area (Å²) in [6.07, 6.45) is 1.46. The van der Waals surface area contributed by atoms with E-state index in [1.54, 1.807) is 0 Å². The second-order valence-corrected chi connectivity index (χ2v) is 8.17. The van der Waals surface area contributed by atoms with Crippen LogP contribution in [0.5, 0.6) is 0 Å². The molecule has 0 saturated carbocycles. The Bertz CT molecular complexity index is 653. The van der Waals surface area contributed by atoms with Crippen LogP contribution in [-0.2, 0) is 9.59 Å². The van der Waals surface area contributed by atoms with Crippen molar-refractivity contribution in [3.8, 4) is 0 Å². The van der Waals surface area contributed by atoms with Gasteiger partial charge in [0.25, 0.3) is 0 Å². The molecular weight excluding hydrogens is 374 g/mol. The van der Waals surface area contributed by atoms with Gasteiger partial charge in [0, 0.05) is 36.5 Å². The Hall–Kier alpha value is -1.59.